The first-order chi connectivity index (χ1) is 15.1. The molecule has 8 heteroatoms. The van der Waals surface area contributed by atoms with Crippen molar-refractivity contribution in [2.24, 2.45) is 0 Å². The molecule has 0 fully saturated rings. The number of thiazole rings is 1. The van der Waals surface area contributed by atoms with Crippen LogP contribution in [-0.2, 0) is 4.79 Å². The standard InChI is InChI=1S/C23H22N4O3S/c1-4-30-21-14(8-7-10-17(21)29-3)15-12-19(28)25-22-20(15)13(2)26-27(22)23-24-16-9-5-6-11-18(16)31-23/h5-11,15H,4,12H2,1-3H3,(H,25,28). The number of fused-ring (bicyclic) bond motifs is 2. The zero-order chi connectivity index (χ0) is 21.5. The Morgan fingerprint density at radius 3 is 2.84 bits per heavy atom. The van der Waals surface area contributed by atoms with E-state index in [1.807, 2.05) is 56.3 Å². The number of amides is 1. The van der Waals surface area contributed by atoms with E-state index in [0.717, 1.165) is 32.2 Å². The first kappa shape index (κ1) is 19.6. The molecule has 4 aromatic rings. The molecule has 2 aromatic carbocycles. The molecule has 7 nitrogen and oxygen atoms in total. The van der Waals surface area contributed by atoms with Crippen molar-refractivity contribution in [3.63, 3.8) is 0 Å². The molecule has 1 N–H and O–H groups in total. The summed E-state index contributed by atoms with van der Waals surface area (Å²) in [6, 6.07) is 13.8. The van der Waals surface area contributed by atoms with Crippen LogP contribution in [0.1, 0.15) is 36.1 Å². The van der Waals surface area contributed by atoms with Gasteiger partial charge in [-0.15, -0.1) is 0 Å². The van der Waals surface area contributed by atoms with Gasteiger partial charge in [-0.3, -0.25) is 4.79 Å². The van der Waals surface area contributed by atoms with Gasteiger partial charge in [0.05, 0.1) is 29.6 Å². The Morgan fingerprint density at radius 1 is 1.23 bits per heavy atom. The number of carbonyl (C=O) groups excluding carboxylic acids is 1. The molecule has 0 saturated carbocycles. The number of hydrogen-bond acceptors (Lipinski definition) is 6. The van der Waals surface area contributed by atoms with Crippen LogP contribution in [0.3, 0.4) is 0 Å². The number of rotatable bonds is 5. The van der Waals surface area contributed by atoms with Crippen LogP contribution in [0.25, 0.3) is 15.3 Å². The molecule has 158 valence electrons. The number of hydrogen-bond donors (Lipinski definition) is 1. The van der Waals surface area contributed by atoms with Crippen molar-refractivity contribution in [3.8, 4) is 16.6 Å². The van der Waals surface area contributed by atoms with Gasteiger partial charge in [0.25, 0.3) is 0 Å². The summed E-state index contributed by atoms with van der Waals surface area (Å²) in [5.74, 6) is 1.74. The second-order valence-electron chi connectivity index (χ2n) is 7.34. The minimum absolute atomic E-state index is 0.0648. The van der Waals surface area contributed by atoms with E-state index in [0.29, 0.717) is 30.3 Å². The number of aryl methyl sites for hydroxylation is 1. The van der Waals surface area contributed by atoms with Gasteiger partial charge in [-0.25, -0.2) is 4.98 Å². The van der Waals surface area contributed by atoms with Crippen LogP contribution < -0.4 is 14.8 Å². The van der Waals surface area contributed by atoms with Gasteiger partial charge in [0.2, 0.25) is 11.0 Å². The molecule has 2 aromatic heterocycles. The van der Waals surface area contributed by atoms with Gasteiger partial charge in [0.15, 0.2) is 11.5 Å². The van der Waals surface area contributed by atoms with Crippen LogP contribution in [0.15, 0.2) is 42.5 Å². The molecule has 1 unspecified atom stereocenters. The average molecular weight is 435 g/mol. The van der Waals surface area contributed by atoms with Crippen molar-refractivity contribution < 1.29 is 14.3 Å². The molecule has 0 aliphatic carbocycles. The molecule has 3 heterocycles. The maximum atomic E-state index is 12.8. The van der Waals surface area contributed by atoms with Gasteiger partial charge in [0, 0.05) is 23.5 Å². The Morgan fingerprint density at radius 2 is 2.06 bits per heavy atom. The highest BCUT2D eigenvalue weighted by molar-refractivity contribution is 7.20. The lowest BCUT2D eigenvalue weighted by Gasteiger charge is -2.26. The molecule has 1 amide bonds. The van der Waals surface area contributed by atoms with E-state index in [-0.39, 0.29) is 11.8 Å². The van der Waals surface area contributed by atoms with E-state index in [1.165, 1.54) is 0 Å². The molecule has 1 atom stereocenters. The largest absolute Gasteiger partial charge is 0.493 e. The van der Waals surface area contributed by atoms with Gasteiger partial charge >= 0.3 is 0 Å². The lowest BCUT2D eigenvalue weighted by atomic mass is 9.85. The number of ether oxygens (including phenoxy) is 2. The second-order valence-corrected chi connectivity index (χ2v) is 8.35. The monoisotopic (exact) mass is 434 g/mol. The Labute approximate surface area is 183 Å². The van der Waals surface area contributed by atoms with Gasteiger partial charge in [0.1, 0.15) is 5.82 Å². The third-order valence-electron chi connectivity index (χ3n) is 5.46. The Hall–Kier alpha value is -3.39. The molecule has 31 heavy (non-hydrogen) atoms. The van der Waals surface area contributed by atoms with Crippen LogP contribution in [0, 0.1) is 6.92 Å². The second kappa shape index (κ2) is 7.70. The van der Waals surface area contributed by atoms with E-state index >= 15 is 0 Å². The Balaban J connectivity index is 1.68. The lowest BCUT2D eigenvalue weighted by molar-refractivity contribution is -0.116. The van der Waals surface area contributed by atoms with Crippen molar-refractivity contribution >= 4 is 33.3 Å². The van der Waals surface area contributed by atoms with E-state index in [1.54, 1.807) is 23.1 Å². The van der Waals surface area contributed by atoms with Crippen molar-refractivity contribution in [1.29, 1.82) is 0 Å². The topological polar surface area (TPSA) is 78.3 Å². The summed E-state index contributed by atoms with van der Waals surface area (Å²) in [5.41, 5.74) is 3.66. The van der Waals surface area contributed by atoms with Crippen LogP contribution in [-0.4, -0.2) is 34.4 Å². The Bertz CT molecular complexity index is 1260. The summed E-state index contributed by atoms with van der Waals surface area (Å²) < 4.78 is 14.3. The smallest absolute Gasteiger partial charge is 0.226 e. The molecular formula is C23H22N4O3S. The number of nitrogens with one attached hydrogen (secondary N) is 1. The predicted octanol–water partition coefficient (Wildman–Crippen LogP) is 4.67. The highest BCUT2D eigenvalue weighted by Gasteiger charge is 2.35. The van der Waals surface area contributed by atoms with Gasteiger partial charge in [-0.2, -0.15) is 9.78 Å². The molecule has 0 saturated heterocycles. The molecule has 0 radical (unpaired) electrons. The van der Waals surface area contributed by atoms with Crippen molar-refractivity contribution in [3.05, 3.63) is 59.3 Å². The number of nitrogens with zero attached hydrogens (tertiary/aromatic N) is 3. The third kappa shape index (κ3) is 3.23. The van der Waals surface area contributed by atoms with E-state index < -0.39 is 0 Å². The van der Waals surface area contributed by atoms with Gasteiger partial charge < -0.3 is 14.8 Å². The molecule has 1 aliphatic rings. The average Bonchev–Trinajstić information content (AvgIpc) is 3.34. The van der Waals surface area contributed by atoms with Crippen molar-refractivity contribution in [2.75, 3.05) is 19.0 Å². The predicted molar refractivity (Wildman–Crippen MR) is 121 cm³/mol. The van der Waals surface area contributed by atoms with E-state index in [4.69, 9.17) is 19.6 Å². The molecule has 0 bridgehead atoms. The normalized spacial score (nSPS) is 15.6. The number of carbonyl (C=O) groups is 1. The van der Waals surface area contributed by atoms with Gasteiger partial charge in [-0.1, -0.05) is 35.6 Å². The van der Waals surface area contributed by atoms with Crippen LogP contribution in [0.5, 0.6) is 11.5 Å². The summed E-state index contributed by atoms with van der Waals surface area (Å²) in [4.78, 5) is 17.5. The summed E-state index contributed by atoms with van der Waals surface area (Å²) in [7, 11) is 1.62. The highest BCUT2D eigenvalue weighted by Crippen LogP contribution is 2.46. The van der Waals surface area contributed by atoms with Gasteiger partial charge in [-0.05, 0) is 32.0 Å². The van der Waals surface area contributed by atoms with Crippen LogP contribution >= 0.6 is 11.3 Å². The fraction of sp³-hybridized carbons (Fsp3) is 0.261. The maximum Gasteiger partial charge on any atom is 0.226 e. The van der Waals surface area contributed by atoms with Crippen LogP contribution in [0.2, 0.25) is 0 Å². The first-order valence-electron chi connectivity index (χ1n) is 10.2. The molecular weight excluding hydrogens is 412 g/mol. The first-order valence-corrected chi connectivity index (χ1v) is 11.0. The summed E-state index contributed by atoms with van der Waals surface area (Å²) in [6.07, 6.45) is 0.312. The number of aromatic nitrogens is 3. The lowest BCUT2D eigenvalue weighted by Crippen LogP contribution is -2.25. The number of methoxy groups -OCH3 is 1. The fourth-order valence-electron chi connectivity index (χ4n) is 4.17. The Kier molecular flexibility index (Phi) is 4.86. The summed E-state index contributed by atoms with van der Waals surface area (Å²) >= 11 is 1.55. The van der Waals surface area contributed by atoms with E-state index in [9.17, 15) is 4.79 Å². The summed E-state index contributed by atoms with van der Waals surface area (Å²) in [5, 5.41) is 8.52. The number of anilines is 1. The zero-order valence-corrected chi connectivity index (χ0v) is 18.3. The number of benzene rings is 2. The minimum Gasteiger partial charge on any atom is -0.493 e. The SMILES string of the molecule is CCOc1c(OC)cccc1C1CC(=O)Nc2c1c(C)nn2-c1nc2ccccc2s1. The molecule has 0 spiro atoms. The summed E-state index contributed by atoms with van der Waals surface area (Å²) in [6.45, 7) is 4.41. The quantitative estimate of drug-likeness (QED) is 0.494. The maximum absolute atomic E-state index is 12.8. The van der Waals surface area contributed by atoms with E-state index in [2.05, 4.69) is 5.32 Å². The third-order valence-corrected chi connectivity index (χ3v) is 6.47. The van der Waals surface area contributed by atoms with Crippen LogP contribution in [0.4, 0.5) is 5.82 Å². The number of para-hydroxylation sites is 2. The van der Waals surface area contributed by atoms with Crippen molar-refractivity contribution in [1.82, 2.24) is 14.8 Å². The molecule has 5 rings (SSSR count). The van der Waals surface area contributed by atoms with Crippen molar-refractivity contribution in [2.45, 2.75) is 26.2 Å². The minimum atomic E-state index is -0.191. The molecule has 1 aliphatic heterocycles. The fourth-order valence-corrected chi connectivity index (χ4v) is 5.09. The highest BCUT2D eigenvalue weighted by atomic mass is 32.1. The zero-order valence-electron chi connectivity index (χ0n) is 17.5.